The number of aliphatic hydroxyl groups excluding tert-OH is 1. The number of nitrogens with one attached hydrogen (secondary N) is 1. The number of nitrogens with zero attached hydrogens (tertiary/aromatic N) is 4. The van der Waals surface area contributed by atoms with E-state index >= 15 is 4.39 Å². The third-order valence-electron chi connectivity index (χ3n) is 6.07. The van der Waals surface area contributed by atoms with Gasteiger partial charge in [-0.3, -0.25) is 9.48 Å². The van der Waals surface area contributed by atoms with E-state index in [1.54, 1.807) is 55.6 Å². The van der Waals surface area contributed by atoms with Crippen LogP contribution in [-0.4, -0.2) is 30.4 Å². The fourth-order valence-corrected chi connectivity index (χ4v) is 4.18. The SMILES string of the molecule is CC(O)c1ccn2nc(-c3ccccc3)c(NC(=O)c3cc(-c4ccn(C)n4)c(C(F)(F)F)cc3F)c2c1. The molecular formula is C27H21F4N5O2. The van der Waals surface area contributed by atoms with Gasteiger partial charge >= 0.3 is 6.18 Å². The monoisotopic (exact) mass is 523 g/mol. The molecule has 1 atom stereocenters. The molecule has 194 valence electrons. The second kappa shape index (κ2) is 9.42. The minimum atomic E-state index is -4.87. The number of carbonyl (C=O) groups excluding carboxylic acids is 1. The summed E-state index contributed by atoms with van der Waals surface area (Å²) in [5.41, 5.74) is -0.149. The fraction of sp³-hybridized carbons (Fsp3) is 0.148. The highest BCUT2D eigenvalue weighted by Crippen LogP contribution is 2.39. The van der Waals surface area contributed by atoms with Gasteiger partial charge in [-0.2, -0.15) is 23.4 Å². The van der Waals surface area contributed by atoms with E-state index in [4.69, 9.17) is 0 Å². The van der Waals surface area contributed by atoms with Crippen LogP contribution in [0.25, 0.3) is 28.0 Å². The molecule has 1 unspecified atom stereocenters. The first-order valence-electron chi connectivity index (χ1n) is 11.5. The number of carbonyl (C=O) groups is 1. The minimum absolute atomic E-state index is 0.0589. The Morgan fingerprint density at radius 1 is 1.03 bits per heavy atom. The third-order valence-corrected chi connectivity index (χ3v) is 6.07. The molecule has 3 heterocycles. The normalized spacial score (nSPS) is 12.6. The summed E-state index contributed by atoms with van der Waals surface area (Å²) in [4.78, 5) is 13.4. The number of halogens is 4. The molecule has 0 aliphatic carbocycles. The molecule has 38 heavy (non-hydrogen) atoms. The first-order chi connectivity index (χ1) is 18.0. The van der Waals surface area contributed by atoms with E-state index in [9.17, 15) is 23.1 Å². The van der Waals surface area contributed by atoms with Crippen molar-refractivity contribution in [3.63, 3.8) is 0 Å². The Balaban J connectivity index is 1.65. The summed E-state index contributed by atoms with van der Waals surface area (Å²) in [6, 6.07) is 14.7. The van der Waals surface area contributed by atoms with Crippen LogP contribution in [0.15, 0.2) is 73.1 Å². The summed E-state index contributed by atoms with van der Waals surface area (Å²) < 4.78 is 59.1. The molecule has 0 fully saturated rings. The van der Waals surface area contributed by atoms with Crippen molar-refractivity contribution >= 4 is 17.1 Å². The van der Waals surface area contributed by atoms with Gasteiger partial charge in [0.1, 0.15) is 11.5 Å². The number of hydrogen-bond donors (Lipinski definition) is 2. The maximum Gasteiger partial charge on any atom is 0.417 e. The highest BCUT2D eigenvalue weighted by molar-refractivity contribution is 6.09. The van der Waals surface area contributed by atoms with Gasteiger partial charge in [0, 0.05) is 30.6 Å². The van der Waals surface area contributed by atoms with Crippen molar-refractivity contribution in [2.24, 2.45) is 7.05 Å². The van der Waals surface area contributed by atoms with E-state index in [0.29, 0.717) is 28.4 Å². The van der Waals surface area contributed by atoms with Crippen LogP contribution >= 0.6 is 0 Å². The van der Waals surface area contributed by atoms with Gasteiger partial charge in [0.05, 0.1) is 34.1 Å². The summed E-state index contributed by atoms with van der Waals surface area (Å²) in [5.74, 6) is -2.31. The van der Waals surface area contributed by atoms with E-state index in [1.165, 1.54) is 28.5 Å². The molecule has 11 heteroatoms. The van der Waals surface area contributed by atoms with Gasteiger partial charge in [-0.25, -0.2) is 8.91 Å². The number of rotatable bonds is 5. The van der Waals surface area contributed by atoms with Crippen molar-refractivity contribution in [3.8, 4) is 22.5 Å². The molecule has 1 amide bonds. The standard InChI is InChI=1S/C27H21F4N5O2/c1-15(37)17-8-11-36-23(12-17)25(24(34-36)16-6-4-3-5-7-16)32-26(38)19-13-18(22-9-10-35(2)33-22)20(14-21(19)28)27(29,30)31/h3-15,37H,1-2H3,(H,32,38). The lowest BCUT2D eigenvalue weighted by Crippen LogP contribution is -2.17. The lowest BCUT2D eigenvalue weighted by molar-refractivity contribution is -0.137. The van der Waals surface area contributed by atoms with Gasteiger partial charge < -0.3 is 10.4 Å². The first kappa shape index (κ1) is 25.2. The average Bonchev–Trinajstić information content (AvgIpc) is 3.47. The quantitative estimate of drug-likeness (QED) is 0.283. The Morgan fingerprint density at radius 2 is 1.76 bits per heavy atom. The van der Waals surface area contributed by atoms with Gasteiger partial charge in [-0.1, -0.05) is 30.3 Å². The second-order valence-corrected chi connectivity index (χ2v) is 8.76. The van der Waals surface area contributed by atoms with E-state index in [0.717, 1.165) is 6.07 Å². The van der Waals surface area contributed by atoms with Gasteiger partial charge in [0.25, 0.3) is 5.91 Å². The number of aromatic nitrogens is 4. The minimum Gasteiger partial charge on any atom is -0.389 e. The molecule has 0 aliphatic heterocycles. The molecule has 0 spiro atoms. The molecule has 0 aliphatic rings. The van der Waals surface area contributed by atoms with Crippen molar-refractivity contribution < 1.29 is 27.5 Å². The number of benzene rings is 2. The lowest BCUT2D eigenvalue weighted by Gasteiger charge is -2.15. The van der Waals surface area contributed by atoms with E-state index in [2.05, 4.69) is 15.5 Å². The van der Waals surface area contributed by atoms with Gasteiger partial charge in [-0.05, 0) is 42.8 Å². The van der Waals surface area contributed by atoms with Crippen molar-refractivity contribution in [3.05, 3.63) is 95.6 Å². The Morgan fingerprint density at radius 3 is 2.39 bits per heavy atom. The first-order valence-corrected chi connectivity index (χ1v) is 11.5. The largest absolute Gasteiger partial charge is 0.417 e. The maximum atomic E-state index is 15.0. The van der Waals surface area contributed by atoms with E-state index in [1.807, 2.05) is 0 Å². The van der Waals surface area contributed by atoms with Crippen molar-refractivity contribution in [2.75, 3.05) is 5.32 Å². The topological polar surface area (TPSA) is 84.5 Å². The molecule has 0 radical (unpaired) electrons. The number of amides is 1. The van der Waals surface area contributed by atoms with Crippen molar-refractivity contribution in [2.45, 2.75) is 19.2 Å². The number of alkyl halides is 3. The lowest BCUT2D eigenvalue weighted by atomic mass is 9.99. The summed E-state index contributed by atoms with van der Waals surface area (Å²) in [6.07, 6.45) is -2.63. The van der Waals surface area contributed by atoms with Crippen molar-refractivity contribution in [1.29, 1.82) is 0 Å². The highest BCUT2D eigenvalue weighted by Gasteiger charge is 2.36. The fourth-order valence-electron chi connectivity index (χ4n) is 4.18. The summed E-state index contributed by atoms with van der Waals surface area (Å²) in [6.45, 7) is 1.58. The summed E-state index contributed by atoms with van der Waals surface area (Å²) in [5, 5.41) is 21.2. The molecule has 0 bridgehead atoms. The van der Waals surface area contributed by atoms with Gasteiger partial charge in [-0.15, -0.1) is 0 Å². The van der Waals surface area contributed by atoms with Crippen LogP contribution in [0.5, 0.6) is 0 Å². The molecule has 7 nitrogen and oxygen atoms in total. The molecule has 5 rings (SSSR count). The molecular weight excluding hydrogens is 502 g/mol. The Bertz CT molecular complexity index is 1660. The number of hydrogen-bond acceptors (Lipinski definition) is 4. The average molecular weight is 523 g/mol. The van der Waals surface area contributed by atoms with Crippen LogP contribution in [0.2, 0.25) is 0 Å². The number of aryl methyl sites for hydroxylation is 1. The number of fused-ring (bicyclic) bond motifs is 1. The second-order valence-electron chi connectivity index (χ2n) is 8.76. The summed E-state index contributed by atoms with van der Waals surface area (Å²) >= 11 is 0. The maximum absolute atomic E-state index is 15.0. The van der Waals surface area contributed by atoms with E-state index < -0.39 is 40.7 Å². The molecule has 5 aromatic rings. The van der Waals surface area contributed by atoms with Crippen LogP contribution in [0.1, 0.15) is 34.5 Å². The molecule has 0 saturated carbocycles. The Kier molecular flexibility index (Phi) is 6.23. The zero-order valence-corrected chi connectivity index (χ0v) is 20.2. The van der Waals surface area contributed by atoms with E-state index in [-0.39, 0.29) is 11.4 Å². The molecule has 3 aromatic heterocycles. The van der Waals surface area contributed by atoms with Crippen LogP contribution < -0.4 is 5.32 Å². The zero-order valence-electron chi connectivity index (χ0n) is 20.2. The highest BCUT2D eigenvalue weighted by atomic mass is 19.4. The Hall–Kier alpha value is -4.51. The number of anilines is 1. The number of aliphatic hydroxyl groups is 1. The van der Waals surface area contributed by atoms with Crippen LogP contribution in [0.3, 0.4) is 0 Å². The molecule has 2 aromatic carbocycles. The predicted octanol–water partition coefficient (Wildman–Crippen LogP) is 5.87. The third kappa shape index (κ3) is 4.63. The van der Waals surface area contributed by atoms with Crippen molar-refractivity contribution in [1.82, 2.24) is 19.4 Å². The smallest absolute Gasteiger partial charge is 0.389 e. The summed E-state index contributed by atoms with van der Waals surface area (Å²) in [7, 11) is 1.53. The zero-order chi connectivity index (χ0) is 27.2. The van der Waals surface area contributed by atoms with Gasteiger partial charge in [0.15, 0.2) is 0 Å². The van der Waals surface area contributed by atoms with Crippen LogP contribution in [-0.2, 0) is 13.2 Å². The Labute approximate surface area is 214 Å². The van der Waals surface area contributed by atoms with Crippen LogP contribution in [0.4, 0.5) is 23.2 Å². The molecule has 0 saturated heterocycles. The van der Waals surface area contributed by atoms with Gasteiger partial charge in [0.2, 0.25) is 0 Å². The number of pyridine rings is 1. The van der Waals surface area contributed by atoms with Crippen LogP contribution in [0, 0.1) is 5.82 Å². The predicted molar refractivity (Wildman–Crippen MR) is 133 cm³/mol. The molecule has 2 N–H and O–H groups in total.